The number of thiocarbonyl (C=S) groups is 1. The standard InChI is InChI=1S/C6H8O4S2/c1-9-4(7)3(6(11)12)5(8)10-2/h7H,1-2H3,(H,11,12). The van der Waals surface area contributed by atoms with Gasteiger partial charge in [0, 0.05) is 0 Å². The van der Waals surface area contributed by atoms with E-state index in [2.05, 4.69) is 34.3 Å². The number of hydrogen-bond donors (Lipinski definition) is 2. The first-order valence-corrected chi connectivity index (χ1v) is 3.69. The first-order valence-electron chi connectivity index (χ1n) is 2.83. The number of carbonyl (C=O) groups excluding carboxylic acids is 1. The van der Waals surface area contributed by atoms with E-state index in [-0.39, 0.29) is 9.77 Å². The van der Waals surface area contributed by atoms with Crippen LogP contribution in [0.1, 0.15) is 0 Å². The third-order valence-electron chi connectivity index (χ3n) is 1.01. The Hall–Kier alpha value is -0.750. The maximum atomic E-state index is 10.9. The average Bonchev–Trinajstić information content (AvgIpc) is 2.03. The second-order valence-corrected chi connectivity index (χ2v) is 2.84. The molecule has 68 valence electrons. The number of ether oxygens (including phenoxy) is 2. The Kier molecular flexibility index (Phi) is 4.68. The summed E-state index contributed by atoms with van der Waals surface area (Å²) < 4.78 is 8.64. The molecule has 1 N–H and O–H groups in total. The van der Waals surface area contributed by atoms with Gasteiger partial charge in [-0.3, -0.25) is 0 Å². The number of thiol groups is 1. The van der Waals surface area contributed by atoms with E-state index in [4.69, 9.17) is 5.11 Å². The van der Waals surface area contributed by atoms with Crippen molar-refractivity contribution in [1.29, 1.82) is 0 Å². The summed E-state index contributed by atoms with van der Waals surface area (Å²) in [6, 6.07) is 0. The van der Waals surface area contributed by atoms with E-state index >= 15 is 0 Å². The molecule has 0 aromatic rings. The smallest absolute Gasteiger partial charge is 0.347 e. The van der Waals surface area contributed by atoms with Crippen molar-refractivity contribution in [2.24, 2.45) is 0 Å². The van der Waals surface area contributed by atoms with Crippen molar-refractivity contribution in [3.63, 3.8) is 0 Å². The molecule has 0 spiro atoms. The van der Waals surface area contributed by atoms with Crippen LogP contribution in [0.15, 0.2) is 11.5 Å². The van der Waals surface area contributed by atoms with Crippen LogP contribution < -0.4 is 0 Å². The predicted octanol–water partition coefficient (Wildman–Crippen LogP) is 0.833. The van der Waals surface area contributed by atoms with Gasteiger partial charge in [-0.2, -0.15) is 0 Å². The minimum absolute atomic E-state index is 0.0822. The van der Waals surface area contributed by atoms with E-state index in [1.807, 2.05) is 0 Å². The van der Waals surface area contributed by atoms with Gasteiger partial charge in [-0.05, 0) is 0 Å². The molecule has 0 aliphatic heterocycles. The van der Waals surface area contributed by atoms with Gasteiger partial charge in [-0.1, -0.05) is 12.2 Å². The highest BCUT2D eigenvalue weighted by atomic mass is 32.1. The van der Waals surface area contributed by atoms with E-state index in [0.717, 1.165) is 7.11 Å². The molecule has 6 heteroatoms. The normalized spacial score (nSPS) is 11.6. The molecule has 0 saturated heterocycles. The van der Waals surface area contributed by atoms with Crippen LogP contribution in [0.3, 0.4) is 0 Å². The van der Waals surface area contributed by atoms with E-state index in [1.165, 1.54) is 7.11 Å². The lowest BCUT2D eigenvalue weighted by atomic mass is 10.3. The van der Waals surface area contributed by atoms with Gasteiger partial charge in [0.15, 0.2) is 5.57 Å². The number of hydrogen-bond acceptors (Lipinski definition) is 5. The summed E-state index contributed by atoms with van der Waals surface area (Å²) in [5.74, 6) is -1.38. The van der Waals surface area contributed by atoms with Crippen molar-refractivity contribution in [1.82, 2.24) is 0 Å². The highest BCUT2D eigenvalue weighted by Gasteiger charge is 2.19. The Morgan fingerprint density at radius 1 is 1.42 bits per heavy atom. The molecule has 4 nitrogen and oxygen atoms in total. The monoisotopic (exact) mass is 208 g/mol. The predicted molar refractivity (Wildman–Crippen MR) is 50.3 cm³/mol. The summed E-state index contributed by atoms with van der Waals surface area (Å²) in [6.07, 6.45) is 0. The minimum atomic E-state index is -0.783. The van der Waals surface area contributed by atoms with Crippen LogP contribution in [0.4, 0.5) is 0 Å². The summed E-state index contributed by atoms with van der Waals surface area (Å²) in [7, 11) is 2.36. The highest BCUT2D eigenvalue weighted by molar-refractivity contribution is 8.12. The molecule has 0 aliphatic carbocycles. The van der Waals surface area contributed by atoms with E-state index in [1.54, 1.807) is 0 Å². The molecule has 0 amide bonds. The molecule has 0 heterocycles. The number of esters is 1. The Morgan fingerprint density at radius 2 is 1.92 bits per heavy atom. The van der Waals surface area contributed by atoms with Crippen LogP contribution >= 0.6 is 24.8 Å². The Morgan fingerprint density at radius 3 is 2.17 bits per heavy atom. The first-order chi connectivity index (χ1) is 5.54. The molecule has 0 bridgehead atoms. The molecular formula is C6H8O4S2. The zero-order valence-electron chi connectivity index (χ0n) is 6.53. The van der Waals surface area contributed by atoms with Gasteiger partial charge in [0.05, 0.1) is 18.4 Å². The van der Waals surface area contributed by atoms with Crippen molar-refractivity contribution in [2.45, 2.75) is 0 Å². The summed E-state index contributed by atoms with van der Waals surface area (Å²) in [4.78, 5) is 10.9. The fourth-order valence-electron chi connectivity index (χ4n) is 0.470. The molecule has 12 heavy (non-hydrogen) atoms. The molecule has 0 fully saturated rings. The average molecular weight is 208 g/mol. The molecule has 0 aromatic carbocycles. The molecule has 0 saturated carbocycles. The molecule has 0 aliphatic rings. The fraction of sp³-hybridized carbons (Fsp3) is 0.333. The van der Waals surface area contributed by atoms with Crippen molar-refractivity contribution >= 4 is 35.0 Å². The zero-order chi connectivity index (χ0) is 9.72. The quantitative estimate of drug-likeness (QED) is 0.236. The van der Waals surface area contributed by atoms with Crippen molar-refractivity contribution < 1.29 is 19.4 Å². The van der Waals surface area contributed by atoms with Gasteiger partial charge in [0.2, 0.25) is 0 Å². The number of aliphatic hydroxyl groups is 1. The molecule has 0 aromatic heterocycles. The zero-order valence-corrected chi connectivity index (χ0v) is 8.24. The number of methoxy groups -OCH3 is 2. The second-order valence-electron chi connectivity index (χ2n) is 1.68. The lowest BCUT2D eigenvalue weighted by molar-refractivity contribution is -0.136. The molecule has 0 radical (unpaired) electrons. The summed E-state index contributed by atoms with van der Waals surface area (Å²) in [5, 5.41) is 9.01. The lowest BCUT2D eigenvalue weighted by Crippen LogP contribution is -2.13. The summed E-state index contributed by atoms with van der Waals surface area (Å²) in [5.41, 5.74) is -0.252. The third kappa shape index (κ3) is 2.71. The van der Waals surface area contributed by atoms with Crippen LogP contribution in [0.25, 0.3) is 0 Å². The van der Waals surface area contributed by atoms with E-state index < -0.39 is 11.9 Å². The van der Waals surface area contributed by atoms with Gasteiger partial charge >= 0.3 is 5.97 Å². The maximum Gasteiger partial charge on any atom is 0.347 e. The Balaban J connectivity index is 4.91. The van der Waals surface area contributed by atoms with E-state index in [9.17, 15) is 4.79 Å². The van der Waals surface area contributed by atoms with Crippen molar-refractivity contribution in [3.05, 3.63) is 11.5 Å². The molecular weight excluding hydrogens is 200 g/mol. The second kappa shape index (κ2) is 5.00. The molecule has 0 unspecified atom stereocenters. The summed E-state index contributed by atoms with van der Waals surface area (Å²) in [6.45, 7) is 0. The molecule has 0 rings (SSSR count). The van der Waals surface area contributed by atoms with Crippen LogP contribution in [0.5, 0.6) is 0 Å². The topological polar surface area (TPSA) is 55.8 Å². The van der Waals surface area contributed by atoms with Crippen LogP contribution in [0.2, 0.25) is 0 Å². The lowest BCUT2D eigenvalue weighted by Gasteiger charge is -2.04. The van der Waals surface area contributed by atoms with E-state index in [0.29, 0.717) is 0 Å². The highest BCUT2D eigenvalue weighted by Crippen LogP contribution is 2.09. The number of aliphatic hydroxyl groups excluding tert-OH is 1. The number of rotatable bonds is 3. The van der Waals surface area contributed by atoms with Crippen molar-refractivity contribution in [2.75, 3.05) is 14.2 Å². The number of carbonyl (C=O) groups is 1. The Labute approximate surface area is 80.6 Å². The van der Waals surface area contributed by atoms with Crippen LogP contribution in [0, 0.1) is 0 Å². The van der Waals surface area contributed by atoms with Gasteiger partial charge in [0.25, 0.3) is 5.95 Å². The Bertz CT molecular complexity index is 234. The fourth-order valence-corrected chi connectivity index (χ4v) is 0.828. The van der Waals surface area contributed by atoms with Gasteiger partial charge in [-0.25, -0.2) is 4.79 Å². The first kappa shape index (κ1) is 11.2. The SMILES string of the molecule is COC(=O)C(C(=S)S)=C(O)OC. The maximum absolute atomic E-state index is 10.9. The van der Waals surface area contributed by atoms with Gasteiger partial charge < -0.3 is 14.6 Å². The largest absolute Gasteiger partial charge is 0.480 e. The minimum Gasteiger partial charge on any atom is -0.480 e. The van der Waals surface area contributed by atoms with Crippen LogP contribution in [-0.2, 0) is 14.3 Å². The van der Waals surface area contributed by atoms with Gasteiger partial charge in [-0.15, -0.1) is 12.6 Å². The molecule has 0 atom stereocenters. The van der Waals surface area contributed by atoms with Crippen LogP contribution in [-0.4, -0.2) is 29.5 Å². The third-order valence-corrected chi connectivity index (χ3v) is 1.44. The van der Waals surface area contributed by atoms with Crippen molar-refractivity contribution in [3.8, 4) is 0 Å². The van der Waals surface area contributed by atoms with Gasteiger partial charge in [0.1, 0.15) is 0 Å². The summed E-state index contributed by atoms with van der Waals surface area (Å²) >= 11 is 8.28.